The molecule has 1 saturated carbocycles. The fourth-order valence-corrected chi connectivity index (χ4v) is 3.10. The molecule has 0 radical (unpaired) electrons. The number of halogens is 1. The quantitative estimate of drug-likeness (QED) is 0.805. The van der Waals surface area contributed by atoms with E-state index in [0.717, 1.165) is 17.2 Å². The third-order valence-electron chi connectivity index (χ3n) is 2.99. The first-order valence-electron chi connectivity index (χ1n) is 4.64. The van der Waals surface area contributed by atoms with Crippen molar-refractivity contribution in [3.05, 3.63) is 21.3 Å². The molecule has 0 aromatic carbocycles. The summed E-state index contributed by atoms with van der Waals surface area (Å²) in [5.41, 5.74) is 1.31. The Labute approximate surface area is 87.4 Å². The molecule has 13 heavy (non-hydrogen) atoms. The van der Waals surface area contributed by atoms with Crippen LogP contribution in [0.3, 0.4) is 0 Å². The molecule has 0 saturated heterocycles. The molecule has 3 unspecified atom stereocenters. The van der Waals surface area contributed by atoms with Crippen LogP contribution in [0.15, 0.2) is 11.4 Å². The van der Waals surface area contributed by atoms with E-state index >= 15 is 0 Å². The van der Waals surface area contributed by atoms with E-state index in [1.807, 2.05) is 6.07 Å². The average molecular weight is 217 g/mol. The van der Waals surface area contributed by atoms with Crippen molar-refractivity contribution in [1.82, 2.24) is 0 Å². The van der Waals surface area contributed by atoms with Crippen molar-refractivity contribution < 1.29 is 5.11 Å². The van der Waals surface area contributed by atoms with Crippen molar-refractivity contribution in [3.63, 3.8) is 0 Å². The molecule has 1 fully saturated rings. The Kier molecular flexibility index (Phi) is 2.63. The van der Waals surface area contributed by atoms with Crippen molar-refractivity contribution >= 4 is 22.9 Å². The minimum atomic E-state index is -0.0892. The van der Waals surface area contributed by atoms with Crippen LogP contribution in [-0.4, -0.2) is 11.2 Å². The molecule has 0 aliphatic heterocycles. The van der Waals surface area contributed by atoms with Gasteiger partial charge in [-0.15, -0.1) is 11.3 Å². The highest BCUT2D eigenvalue weighted by atomic mass is 35.5. The monoisotopic (exact) mass is 216 g/mol. The van der Waals surface area contributed by atoms with E-state index in [2.05, 4.69) is 12.3 Å². The van der Waals surface area contributed by atoms with Gasteiger partial charge in [-0.05, 0) is 35.3 Å². The number of rotatable bonds is 2. The van der Waals surface area contributed by atoms with Crippen LogP contribution >= 0.6 is 22.9 Å². The molecule has 3 atom stereocenters. The Morgan fingerprint density at radius 3 is 2.92 bits per heavy atom. The number of thiophene rings is 1. The summed E-state index contributed by atoms with van der Waals surface area (Å²) >= 11 is 7.45. The highest BCUT2D eigenvalue weighted by Gasteiger charge is 2.39. The smallest absolute Gasteiger partial charge is 0.0931 e. The minimum absolute atomic E-state index is 0.0892. The molecule has 1 aromatic rings. The fourth-order valence-electron chi connectivity index (χ4n) is 2.14. The van der Waals surface area contributed by atoms with Crippen LogP contribution in [0.4, 0.5) is 0 Å². The van der Waals surface area contributed by atoms with Gasteiger partial charge in [0, 0.05) is 0 Å². The lowest BCUT2D eigenvalue weighted by Gasteiger charge is -2.41. The van der Waals surface area contributed by atoms with Gasteiger partial charge < -0.3 is 5.11 Å². The third kappa shape index (κ3) is 1.63. The predicted octanol–water partition coefficient (Wildman–Crippen LogP) is 3.28. The van der Waals surface area contributed by atoms with E-state index < -0.39 is 0 Å². The van der Waals surface area contributed by atoms with Gasteiger partial charge in [-0.1, -0.05) is 24.9 Å². The van der Waals surface area contributed by atoms with Crippen molar-refractivity contribution in [2.45, 2.75) is 31.8 Å². The lowest BCUT2D eigenvalue weighted by atomic mass is 9.67. The van der Waals surface area contributed by atoms with Gasteiger partial charge in [0.2, 0.25) is 0 Å². The molecule has 1 aliphatic carbocycles. The maximum Gasteiger partial charge on any atom is 0.0931 e. The molecular weight excluding hydrogens is 204 g/mol. The van der Waals surface area contributed by atoms with E-state index in [1.165, 1.54) is 5.56 Å². The first-order valence-corrected chi connectivity index (χ1v) is 5.90. The normalized spacial score (nSPS) is 33.0. The molecule has 3 heteroatoms. The van der Waals surface area contributed by atoms with E-state index in [1.54, 1.807) is 11.3 Å². The maximum absolute atomic E-state index is 9.52. The zero-order chi connectivity index (χ0) is 9.42. The van der Waals surface area contributed by atoms with E-state index in [9.17, 15) is 5.11 Å². The second-order valence-corrected chi connectivity index (χ2v) is 5.21. The highest BCUT2D eigenvalue weighted by Crippen LogP contribution is 2.46. The van der Waals surface area contributed by atoms with E-state index in [0.29, 0.717) is 11.8 Å². The SMILES string of the molecule is CCC1C(O)CC1c1csc(Cl)c1. The summed E-state index contributed by atoms with van der Waals surface area (Å²) in [4.78, 5) is 0. The Morgan fingerprint density at radius 2 is 2.46 bits per heavy atom. The maximum atomic E-state index is 9.52. The van der Waals surface area contributed by atoms with E-state index in [-0.39, 0.29) is 6.10 Å². The summed E-state index contributed by atoms with van der Waals surface area (Å²) in [5, 5.41) is 11.6. The molecule has 1 heterocycles. The number of aliphatic hydroxyl groups is 1. The van der Waals surface area contributed by atoms with Gasteiger partial charge in [0.25, 0.3) is 0 Å². The zero-order valence-electron chi connectivity index (χ0n) is 7.53. The number of hydrogen-bond donors (Lipinski definition) is 1. The summed E-state index contributed by atoms with van der Waals surface area (Å²) < 4.78 is 0.853. The van der Waals surface area contributed by atoms with Crippen molar-refractivity contribution in [2.24, 2.45) is 5.92 Å². The molecule has 0 amide bonds. The summed E-state index contributed by atoms with van der Waals surface area (Å²) in [6, 6.07) is 2.03. The number of hydrogen-bond acceptors (Lipinski definition) is 2. The molecule has 1 nitrogen and oxygen atoms in total. The molecule has 2 rings (SSSR count). The molecule has 0 bridgehead atoms. The molecule has 72 valence electrons. The fraction of sp³-hybridized carbons (Fsp3) is 0.600. The Morgan fingerprint density at radius 1 is 1.69 bits per heavy atom. The van der Waals surface area contributed by atoms with Gasteiger partial charge in [-0.2, -0.15) is 0 Å². The van der Waals surface area contributed by atoms with Gasteiger partial charge >= 0.3 is 0 Å². The van der Waals surface area contributed by atoms with Gasteiger partial charge in [-0.3, -0.25) is 0 Å². The summed E-state index contributed by atoms with van der Waals surface area (Å²) in [6.07, 6.45) is 1.87. The van der Waals surface area contributed by atoms with E-state index in [4.69, 9.17) is 11.6 Å². The van der Waals surface area contributed by atoms with Crippen molar-refractivity contribution in [1.29, 1.82) is 0 Å². The minimum Gasteiger partial charge on any atom is -0.393 e. The molecule has 0 spiro atoms. The van der Waals surface area contributed by atoms with Crippen LogP contribution in [0.1, 0.15) is 31.2 Å². The summed E-state index contributed by atoms with van der Waals surface area (Å²) in [7, 11) is 0. The van der Waals surface area contributed by atoms with Crippen LogP contribution in [0.5, 0.6) is 0 Å². The molecule has 1 aliphatic rings. The van der Waals surface area contributed by atoms with Gasteiger partial charge in [0.1, 0.15) is 0 Å². The van der Waals surface area contributed by atoms with Gasteiger partial charge in [-0.25, -0.2) is 0 Å². The Hall–Kier alpha value is -0.0500. The topological polar surface area (TPSA) is 20.2 Å². The van der Waals surface area contributed by atoms with Crippen LogP contribution in [0.25, 0.3) is 0 Å². The second kappa shape index (κ2) is 3.60. The highest BCUT2D eigenvalue weighted by molar-refractivity contribution is 7.14. The Bertz CT molecular complexity index is 297. The Balaban J connectivity index is 2.11. The molecular formula is C10H13ClOS. The molecule has 1 aromatic heterocycles. The first-order chi connectivity index (χ1) is 6.22. The van der Waals surface area contributed by atoms with Crippen LogP contribution < -0.4 is 0 Å². The largest absolute Gasteiger partial charge is 0.393 e. The van der Waals surface area contributed by atoms with Crippen molar-refractivity contribution in [3.8, 4) is 0 Å². The van der Waals surface area contributed by atoms with Crippen LogP contribution in [0, 0.1) is 5.92 Å². The first kappa shape index (κ1) is 9.50. The number of aliphatic hydroxyl groups excluding tert-OH is 1. The van der Waals surface area contributed by atoms with Crippen LogP contribution in [-0.2, 0) is 0 Å². The lowest BCUT2D eigenvalue weighted by Crippen LogP contribution is -2.38. The van der Waals surface area contributed by atoms with Crippen molar-refractivity contribution in [2.75, 3.05) is 0 Å². The second-order valence-electron chi connectivity index (χ2n) is 3.67. The third-order valence-corrected chi connectivity index (χ3v) is 4.10. The summed E-state index contributed by atoms with van der Waals surface area (Å²) in [5.74, 6) is 0.995. The zero-order valence-corrected chi connectivity index (χ0v) is 9.11. The van der Waals surface area contributed by atoms with Crippen LogP contribution in [0.2, 0.25) is 4.34 Å². The lowest BCUT2D eigenvalue weighted by molar-refractivity contribution is -0.000586. The molecule has 1 N–H and O–H groups in total. The van der Waals surface area contributed by atoms with Gasteiger partial charge in [0.05, 0.1) is 10.4 Å². The van der Waals surface area contributed by atoms with Gasteiger partial charge in [0.15, 0.2) is 0 Å². The summed E-state index contributed by atoms with van der Waals surface area (Å²) in [6.45, 7) is 2.13. The standard InChI is InChI=1S/C10H13ClOS/c1-2-7-8(4-9(7)12)6-3-10(11)13-5-6/h3,5,7-9,12H,2,4H2,1H3. The average Bonchev–Trinajstić information content (AvgIpc) is 2.48. The predicted molar refractivity (Wildman–Crippen MR) is 56.5 cm³/mol.